The third kappa shape index (κ3) is 3.88. The maximum Gasteiger partial charge on any atom is 0.0347 e. The number of likely N-dealkylation sites (tertiary alicyclic amines) is 1. The summed E-state index contributed by atoms with van der Waals surface area (Å²) in [5, 5.41) is 2.70. The van der Waals surface area contributed by atoms with E-state index < -0.39 is 0 Å². The average molecular weight is 333 g/mol. The fourth-order valence-electron chi connectivity index (χ4n) is 3.98. The van der Waals surface area contributed by atoms with Crippen LogP contribution >= 0.6 is 0 Å². The van der Waals surface area contributed by atoms with Crippen molar-refractivity contribution < 1.29 is 0 Å². The van der Waals surface area contributed by atoms with E-state index in [4.69, 9.17) is 5.73 Å². The minimum atomic E-state index is 0.792. The van der Waals surface area contributed by atoms with E-state index >= 15 is 0 Å². The van der Waals surface area contributed by atoms with Crippen LogP contribution in [0, 0.1) is 5.92 Å². The average Bonchev–Trinajstić information content (AvgIpc) is 3.04. The van der Waals surface area contributed by atoms with Gasteiger partial charge in [0.25, 0.3) is 0 Å². The normalized spacial score (nSPS) is 16.5. The Kier molecular flexibility index (Phi) is 4.75. The largest absolute Gasteiger partial charge is 0.399 e. The lowest BCUT2D eigenvalue weighted by Gasteiger charge is -2.32. The minimum Gasteiger partial charge on any atom is -0.399 e. The second-order valence-corrected chi connectivity index (χ2v) is 7.32. The third-order valence-electron chi connectivity index (χ3n) is 5.53. The molecule has 2 N–H and O–H groups in total. The number of benzene rings is 2. The molecule has 1 aliphatic rings. The van der Waals surface area contributed by atoms with E-state index in [2.05, 4.69) is 58.3 Å². The molecule has 2 heterocycles. The van der Waals surface area contributed by atoms with Crippen LogP contribution in [0.3, 0.4) is 0 Å². The maximum atomic E-state index is 6.05. The van der Waals surface area contributed by atoms with Crippen molar-refractivity contribution in [1.82, 2.24) is 9.47 Å². The molecule has 0 saturated carbocycles. The highest BCUT2D eigenvalue weighted by Crippen LogP contribution is 2.22. The molecule has 3 nitrogen and oxygen atoms in total. The summed E-state index contributed by atoms with van der Waals surface area (Å²) in [6.45, 7) is 4.68. The molecular weight excluding hydrogens is 306 g/mol. The standard InChI is InChI=1S/C22H27N3/c23-22-8-4-3-5-19(22)11-14-24-12-9-18(10-13-24)15-25-16-20-6-1-2-7-21(20)17-25/h1-8,16-18H,9-15,23H2. The molecule has 3 heteroatoms. The summed E-state index contributed by atoms with van der Waals surface area (Å²) in [4.78, 5) is 2.59. The summed E-state index contributed by atoms with van der Waals surface area (Å²) in [5.41, 5.74) is 8.26. The van der Waals surface area contributed by atoms with Gasteiger partial charge in [-0.25, -0.2) is 0 Å². The molecule has 25 heavy (non-hydrogen) atoms. The van der Waals surface area contributed by atoms with Crippen LogP contribution in [-0.2, 0) is 13.0 Å². The van der Waals surface area contributed by atoms with Gasteiger partial charge in [0.2, 0.25) is 0 Å². The Bertz CT molecular complexity index is 795. The van der Waals surface area contributed by atoms with Crippen molar-refractivity contribution in [3.05, 3.63) is 66.5 Å². The molecule has 130 valence electrons. The molecule has 2 aromatic carbocycles. The fraction of sp³-hybridized carbons (Fsp3) is 0.364. The fourth-order valence-corrected chi connectivity index (χ4v) is 3.98. The first kappa shape index (κ1) is 16.2. The maximum absolute atomic E-state index is 6.05. The topological polar surface area (TPSA) is 34.2 Å². The number of para-hydroxylation sites is 1. The van der Waals surface area contributed by atoms with Crippen LogP contribution < -0.4 is 5.73 Å². The number of rotatable bonds is 5. The van der Waals surface area contributed by atoms with Crippen molar-refractivity contribution in [3.63, 3.8) is 0 Å². The van der Waals surface area contributed by atoms with Crippen molar-refractivity contribution in [1.29, 1.82) is 0 Å². The first-order chi connectivity index (χ1) is 12.3. The Balaban J connectivity index is 1.27. The summed E-state index contributed by atoms with van der Waals surface area (Å²) in [7, 11) is 0. The monoisotopic (exact) mass is 333 g/mol. The first-order valence-electron chi connectivity index (χ1n) is 9.38. The number of hydrogen-bond acceptors (Lipinski definition) is 2. The van der Waals surface area contributed by atoms with Gasteiger partial charge in [0, 0.05) is 31.2 Å². The highest BCUT2D eigenvalue weighted by atomic mass is 15.1. The van der Waals surface area contributed by atoms with E-state index in [0.29, 0.717) is 0 Å². The zero-order valence-electron chi connectivity index (χ0n) is 14.8. The number of nitrogens with zero attached hydrogens (tertiary/aromatic N) is 2. The second-order valence-electron chi connectivity index (χ2n) is 7.32. The lowest BCUT2D eigenvalue weighted by molar-refractivity contribution is 0.175. The molecule has 0 atom stereocenters. The first-order valence-corrected chi connectivity index (χ1v) is 9.38. The summed E-state index contributed by atoms with van der Waals surface area (Å²) in [5.74, 6) is 0.792. The number of nitrogen functional groups attached to an aromatic ring is 1. The second kappa shape index (κ2) is 7.32. The molecule has 3 aromatic rings. The van der Waals surface area contributed by atoms with Crippen molar-refractivity contribution in [2.24, 2.45) is 5.92 Å². The SMILES string of the molecule is Nc1ccccc1CCN1CCC(Cn2cc3ccccc3c2)CC1. The quantitative estimate of drug-likeness (QED) is 0.711. The van der Waals surface area contributed by atoms with Gasteiger partial charge in [0.1, 0.15) is 0 Å². The van der Waals surface area contributed by atoms with Crippen molar-refractivity contribution >= 4 is 16.5 Å². The molecule has 0 bridgehead atoms. The zero-order valence-corrected chi connectivity index (χ0v) is 14.8. The van der Waals surface area contributed by atoms with Crippen LogP contribution in [0.4, 0.5) is 5.69 Å². The molecule has 0 amide bonds. The van der Waals surface area contributed by atoms with Gasteiger partial charge in [0.15, 0.2) is 0 Å². The molecule has 1 fully saturated rings. The highest BCUT2D eigenvalue weighted by molar-refractivity contribution is 5.82. The Morgan fingerprint density at radius 3 is 2.20 bits per heavy atom. The van der Waals surface area contributed by atoms with Gasteiger partial charge < -0.3 is 15.2 Å². The molecule has 0 unspecified atom stereocenters. The molecule has 4 rings (SSSR count). The summed E-state index contributed by atoms with van der Waals surface area (Å²) < 4.78 is 2.38. The van der Waals surface area contributed by atoms with Crippen LogP contribution in [0.1, 0.15) is 18.4 Å². The minimum absolute atomic E-state index is 0.792. The lowest BCUT2D eigenvalue weighted by Crippen LogP contribution is -2.36. The van der Waals surface area contributed by atoms with E-state index in [1.807, 2.05) is 12.1 Å². The number of hydrogen-bond donors (Lipinski definition) is 1. The number of aromatic nitrogens is 1. The van der Waals surface area contributed by atoms with E-state index in [1.165, 1.54) is 42.3 Å². The number of fused-ring (bicyclic) bond motifs is 1. The Morgan fingerprint density at radius 2 is 1.52 bits per heavy atom. The van der Waals surface area contributed by atoms with E-state index in [0.717, 1.165) is 31.1 Å². The predicted octanol–water partition coefficient (Wildman–Crippen LogP) is 4.18. The third-order valence-corrected chi connectivity index (χ3v) is 5.53. The van der Waals surface area contributed by atoms with E-state index in [9.17, 15) is 0 Å². The zero-order chi connectivity index (χ0) is 17.1. The molecule has 0 spiro atoms. The van der Waals surface area contributed by atoms with Crippen LogP contribution in [-0.4, -0.2) is 29.1 Å². The molecular formula is C22H27N3. The number of nitrogens with two attached hydrogens (primary N) is 1. The van der Waals surface area contributed by atoms with Crippen LogP contribution in [0.2, 0.25) is 0 Å². The molecule has 0 radical (unpaired) electrons. The Hall–Kier alpha value is -2.26. The number of anilines is 1. The predicted molar refractivity (Wildman–Crippen MR) is 106 cm³/mol. The Morgan fingerprint density at radius 1 is 0.880 bits per heavy atom. The lowest BCUT2D eigenvalue weighted by atomic mass is 9.96. The van der Waals surface area contributed by atoms with Gasteiger partial charge in [-0.2, -0.15) is 0 Å². The summed E-state index contributed by atoms with van der Waals surface area (Å²) in [6.07, 6.45) is 8.22. The van der Waals surface area contributed by atoms with Crippen LogP contribution in [0.5, 0.6) is 0 Å². The molecule has 1 saturated heterocycles. The van der Waals surface area contributed by atoms with Gasteiger partial charge in [-0.1, -0.05) is 42.5 Å². The van der Waals surface area contributed by atoms with Crippen molar-refractivity contribution in [2.45, 2.75) is 25.8 Å². The van der Waals surface area contributed by atoms with Gasteiger partial charge in [0.05, 0.1) is 0 Å². The van der Waals surface area contributed by atoms with Crippen molar-refractivity contribution in [2.75, 3.05) is 25.4 Å². The van der Waals surface area contributed by atoms with Gasteiger partial charge in [-0.3, -0.25) is 0 Å². The van der Waals surface area contributed by atoms with Crippen LogP contribution in [0.15, 0.2) is 60.9 Å². The van der Waals surface area contributed by atoms with Gasteiger partial charge in [-0.15, -0.1) is 0 Å². The molecule has 1 aliphatic heterocycles. The summed E-state index contributed by atoms with van der Waals surface area (Å²) in [6, 6.07) is 16.9. The summed E-state index contributed by atoms with van der Waals surface area (Å²) >= 11 is 0. The van der Waals surface area contributed by atoms with Crippen molar-refractivity contribution in [3.8, 4) is 0 Å². The molecule has 1 aromatic heterocycles. The smallest absolute Gasteiger partial charge is 0.0347 e. The molecule has 0 aliphatic carbocycles. The van der Waals surface area contributed by atoms with Gasteiger partial charge >= 0.3 is 0 Å². The van der Waals surface area contributed by atoms with E-state index in [-0.39, 0.29) is 0 Å². The highest BCUT2D eigenvalue weighted by Gasteiger charge is 2.19. The number of piperidine rings is 1. The Labute approximate surface area is 150 Å². The van der Waals surface area contributed by atoms with E-state index in [1.54, 1.807) is 0 Å². The van der Waals surface area contributed by atoms with Gasteiger partial charge in [-0.05, 0) is 60.7 Å². The van der Waals surface area contributed by atoms with Crippen LogP contribution in [0.25, 0.3) is 10.8 Å².